The molecule has 4 rings (SSSR count). The second-order valence-electron chi connectivity index (χ2n) is 8.76. The normalized spacial score (nSPS) is 15.6. The Morgan fingerprint density at radius 2 is 1.86 bits per heavy atom. The standard InChI is InChI=1S/C27H27N3O5S/c1-16-25(36-26(28-16)18-9-6-5-7-10-18)23(32)21-22(19-11-8-12-20(15-19)35-17(2)31)30(14-13-29(3)4)27(34)24(21)33/h5-12,15,22,33H,13-14H2,1-4H3. The number of esters is 1. The molecule has 0 spiro atoms. The monoisotopic (exact) mass is 505 g/mol. The van der Waals surface area contributed by atoms with E-state index in [-0.39, 0.29) is 12.1 Å². The largest absolute Gasteiger partial charge is 0.503 e. The number of ketones is 1. The van der Waals surface area contributed by atoms with Crippen molar-refractivity contribution in [1.82, 2.24) is 14.8 Å². The number of ether oxygens (including phenoxy) is 1. The molecule has 36 heavy (non-hydrogen) atoms. The SMILES string of the molecule is CC(=O)Oc1cccc(C2C(C(=O)c3sc(-c4ccccc4)nc3C)=C(O)C(=O)N2CCN(C)C)c1. The van der Waals surface area contributed by atoms with Crippen LogP contribution in [-0.4, -0.2) is 64.7 Å². The van der Waals surface area contributed by atoms with Gasteiger partial charge >= 0.3 is 5.97 Å². The molecule has 1 atom stereocenters. The molecule has 1 aliphatic rings. The number of carbonyl (C=O) groups is 3. The molecule has 8 nitrogen and oxygen atoms in total. The molecule has 0 saturated carbocycles. The maximum atomic E-state index is 13.9. The number of aliphatic hydroxyl groups excluding tert-OH is 1. The van der Waals surface area contributed by atoms with Crippen LogP contribution in [0.4, 0.5) is 0 Å². The summed E-state index contributed by atoms with van der Waals surface area (Å²) in [6.07, 6.45) is 0. The van der Waals surface area contributed by atoms with Gasteiger partial charge < -0.3 is 19.6 Å². The summed E-state index contributed by atoms with van der Waals surface area (Å²) < 4.78 is 5.23. The maximum absolute atomic E-state index is 13.9. The van der Waals surface area contributed by atoms with Gasteiger partial charge in [-0.15, -0.1) is 11.3 Å². The smallest absolute Gasteiger partial charge is 0.308 e. The van der Waals surface area contributed by atoms with Crippen molar-refractivity contribution in [1.29, 1.82) is 0 Å². The van der Waals surface area contributed by atoms with E-state index in [0.717, 1.165) is 5.56 Å². The third-order valence-electron chi connectivity index (χ3n) is 5.80. The molecule has 9 heteroatoms. The number of rotatable bonds is 8. The van der Waals surface area contributed by atoms with Gasteiger partial charge in [0.25, 0.3) is 5.91 Å². The fourth-order valence-corrected chi connectivity index (χ4v) is 5.14. The Bertz CT molecular complexity index is 1350. The number of Topliss-reactive ketones (excluding diaryl/α,β-unsaturated/α-hetero) is 1. The highest BCUT2D eigenvalue weighted by atomic mass is 32.1. The van der Waals surface area contributed by atoms with Crippen LogP contribution in [0.5, 0.6) is 5.75 Å². The zero-order valence-electron chi connectivity index (χ0n) is 20.5. The number of aromatic nitrogens is 1. The number of amides is 1. The summed E-state index contributed by atoms with van der Waals surface area (Å²) in [6.45, 7) is 3.85. The third-order valence-corrected chi connectivity index (χ3v) is 7.00. The van der Waals surface area contributed by atoms with Crippen molar-refractivity contribution in [2.24, 2.45) is 0 Å². The Balaban J connectivity index is 1.78. The lowest BCUT2D eigenvalue weighted by molar-refractivity contribution is -0.132. The number of benzene rings is 2. The molecule has 0 aliphatic carbocycles. The van der Waals surface area contributed by atoms with Crippen LogP contribution in [0.25, 0.3) is 10.6 Å². The number of hydrogen-bond acceptors (Lipinski definition) is 8. The molecule has 1 aliphatic heterocycles. The van der Waals surface area contributed by atoms with Crippen LogP contribution in [0.2, 0.25) is 0 Å². The molecule has 1 aromatic heterocycles. The average molecular weight is 506 g/mol. The number of likely N-dealkylation sites (N-methyl/N-ethyl adjacent to an activating group) is 1. The number of thiazole rings is 1. The summed E-state index contributed by atoms with van der Waals surface area (Å²) in [6, 6.07) is 15.3. The van der Waals surface area contributed by atoms with Gasteiger partial charge in [0.2, 0.25) is 5.78 Å². The quantitative estimate of drug-likeness (QED) is 0.278. The van der Waals surface area contributed by atoms with Crippen molar-refractivity contribution in [2.45, 2.75) is 19.9 Å². The van der Waals surface area contributed by atoms with E-state index in [9.17, 15) is 19.5 Å². The second-order valence-corrected chi connectivity index (χ2v) is 9.76. The lowest BCUT2D eigenvalue weighted by Crippen LogP contribution is -2.36. The predicted molar refractivity (Wildman–Crippen MR) is 137 cm³/mol. The maximum Gasteiger partial charge on any atom is 0.308 e. The number of aliphatic hydroxyl groups is 1. The van der Waals surface area contributed by atoms with E-state index < -0.39 is 29.5 Å². The Kier molecular flexibility index (Phi) is 7.32. The van der Waals surface area contributed by atoms with E-state index in [4.69, 9.17) is 4.74 Å². The van der Waals surface area contributed by atoms with E-state index >= 15 is 0 Å². The number of hydrogen-bond donors (Lipinski definition) is 1. The Morgan fingerprint density at radius 3 is 2.53 bits per heavy atom. The minimum Gasteiger partial charge on any atom is -0.503 e. The van der Waals surface area contributed by atoms with Gasteiger partial charge in [0.15, 0.2) is 5.76 Å². The topological polar surface area (TPSA) is 100 Å². The molecule has 1 unspecified atom stereocenters. The molecule has 186 valence electrons. The lowest BCUT2D eigenvalue weighted by Gasteiger charge is -2.28. The van der Waals surface area contributed by atoms with Crippen molar-refractivity contribution >= 4 is 29.0 Å². The van der Waals surface area contributed by atoms with Crippen molar-refractivity contribution < 1.29 is 24.2 Å². The molecular weight excluding hydrogens is 478 g/mol. The van der Waals surface area contributed by atoms with Gasteiger partial charge in [-0.25, -0.2) is 4.98 Å². The highest BCUT2D eigenvalue weighted by Gasteiger charge is 2.44. The number of nitrogens with zero attached hydrogens (tertiary/aromatic N) is 3. The van der Waals surface area contributed by atoms with E-state index in [1.165, 1.54) is 23.2 Å². The van der Waals surface area contributed by atoms with E-state index in [0.29, 0.717) is 33.4 Å². The molecule has 0 saturated heterocycles. The second kappa shape index (κ2) is 10.4. The van der Waals surface area contributed by atoms with Crippen molar-refractivity contribution in [3.63, 3.8) is 0 Å². The van der Waals surface area contributed by atoms with Crippen molar-refractivity contribution in [3.05, 3.63) is 82.1 Å². The van der Waals surface area contributed by atoms with Crippen LogP contribution in [0, 0.1) is 6.92 Å². The minimum absolute atomic E-state index is 0.00917. The Hall–Kier alpha value is -3.82. The van der Waals surface area contributed by atoms with Crippen LogP contribution < -0.4 is 4.74 Å². The molecule has 3 aromatic rings. The zero-order chi connectivity index (χ0) is 26.0. The molecular formula is C27H27N3O5S. The predicted octanol–water partition coefficient (Wildman–Crippen LogP) is 4.18. The summed E-state index contributed by atoms with van der Waals surface area (Å²) >= 11 is 1.23. The Labute approximate surface area is 213 Å². The van der Waals surface area contributed by atoms with Gasteiger partial charge in [0.05, 0.1) is 22.2 Å². The van der Waals surface area contributed by atoms with E-state index in [1.54, 1.807) is 31.2 Å². The van der Waals surface area contributed by atoms with E-state index in [2.05, 4.69) is 4.98 Å². The van der Waals surface area contributed by atoms with Gasteiger partial charge in [-0.05, 0) is 38.7 Å². The minimum atomic E-state index is -0.845. The highest BCUT2D eigenvalue weighted by molar-refractivity contribution is 7.17. The molecule has 0 bridgehead atoms. The molecule has 2 aromatic carbocycles. The van der Waals surface area contributed by atoms with Gasteiger partial charge in [0, 0.05) is 25.6 Å². The summed E-state index contributed by atoms with van der Waals surface area (Å²) in [5.41, 5.74) is 1.95. The summed E-state index contributed by atoms with van der Waals surface area (Å²) in [4.78, 5) is 46.9. The van der Waals surface area contributed by atoms with Crippen LogP contribution in [-0.2, 0) is 9.59 Å². The van der Waals surface area contributed by atoms with E-state index in [1.807, 2.05) is 49.3 Å². The Morgan fingerprint density at radius 1 is 1.14 bits per heavy atom. The lowest BCUT2D eigenvalue weighted by atomic mass is 9.95. The van der Waals surface area contributed by atoms with Crippen LogP contribution >= 0.6 is 11.3 Å². The summed E-state index contributed by atoms with van der Waals surface area (Å²) in [5.74, 6) is -1.83. The third kappa shape index (κ3) is 5.07. The molecule has 0 fully saturated rings. The molecule has 0 radical (unpaired) electrons. The van der Waals surface area contributed by atoms with Crippen molar-refractivity contribution in [2.75, 3.05) is 27.2 Å². The zero-order valence-corrected chi connectivity index (χ0v) is 21.3. The van der Waals surface area contributed by atoms with Gasteiger partial charge in [-0.3, -0.25) is 14.4 Å². The van der Waals surface area contributed by atoms with Crippen LogP contribution in [0.3, 0.4) is 0 Å². The number of carbonyl (C=O) groups excluding carboxylic acids is 3. The molecule has 2 heterocycles. The first kappa shape index (κ1) is 25.3. The highest BCUT2D eigenvalue weighted by Crippen LogP contribution is 2.41. The van der Waals surface area contributed by atoms with Gasteiger partial charge in [0.1, 0.15) is 10.8 Å². The van der Waals surface area contributed by atoms with Crippen molar-refractivity contribution in [3.8, 4) is 16.3 Å². The van der Waals surface area contributed by atoms with Gasteiger partial charge in [-0.2, -0.15) is 0 Å². The van der Waals surface area contributed by atoms with Gasteiger partial charge in [-0.1, -0.05) is 42.5 Å². The first-order chi connectivity index (χ1) is 17.2. The number of aryl methyl sites for hydroxylation is 1. The fourth-order valence-electron chi connectivity index (χ4n) is 4.12. The molecule has 1 N–H and O–H groups in total. The fraction of sp³-hybridized carbons (Fsp3) is 0.259. The average Bonchev–Trinajstić information content (AvgIpc) is 3.35. The summed E-state index contributed by atoms with van der Waals surface area (Å²) in [5, 5.41) is 11.6. The first-order valence-corrected chi connectivity index (χ1v) is 12.2. The summed E-state index contributed by atoms with van der Waals surface area (Å²) in [7, 11) is 3.75. The van der Waals surface area contributed by atoms with Crippen LogP contribution in [0.15, 0.2) is 65.9 Å². The first-order valence-electron chi connectivity index (χ1n) is 11.4. The van der Waals surface area contributed by atoms with Crippen LogP contribution in [0.1, 0.15) is 33.9 Å². The molecule has 1 amide bonds.